The second-order valence-electron chi connectivity index (χ2n) is 4.89. The van der Waals surface area contributed by atoms with Crippen LogP contribution in [-0.2, 0) is 0 Å². The topological polar surface area (TPSA) is 56.7 Å². The Morgan fingerprint density at radius 1 is 1.33 bits per heavy atom. The van der Waals surface area contributed by atoms with Gasteiger partial charge in [-0.2, -0.15) is 0 Å². The van der Waals surface area contributed by atoms with E-state index in [1.807, 2.05) is 18.4 Å². The predicted molar refractivity (Wildman–Crippen MR) is 66.8 cm³/mol. The number of aromatic nitrogens is 4. The van der Waals surface area contributed by atoms with Crippen molar-refractivity contribution in [3.05, 3.63) is 28.1 Å². The highest BCUT2D eigenvalue weighted by molar-refractivity contribution is 6.28. The van der Waals surface area contributed by atoms with Crippen molar-refractivity contribution in [3.63, 3.8) is 0 Å². The molecule has 0 spiro atoms. The van der Waals surface area contributed by atoms with Gasteiger partial charge >= 0.3 is 0 Å². The lowest BCUT2D eigenvalue weighted by Crippen LogP contribution is -2.12. The molecule has 1 aliphatic carbocycles. The Hall–Kier alpha value is -1.36. The molecule has 0 amide bonds. The summed E-state index contributed by atoms with van der Waals surface area (Å²) in [6, 6.07) is 0.0503. The third-order valence-electron chi connectivity index (χ3n) is 3.52. The lowest BCUT2D eigenvalue weighted by atomic mass is 10.1. The molecule has 0 N–H and O–H groups in total. The minimum absolute atomic E-state index is 0.0503. The Bertz CT molecular complexity index is 565. The Morgan fingerprint density at radius 3 is 2.61 bits per heavy atom. The molecule has 2 aromatic heterocycles. The van der Waals surface area contributed by atoms with E-state index in [-0.39, 0.29) is 6.04 Å². The van der Waals surface area contributed by atoms with Crippen LogP contribution < -0.4 is 0 Å². The Morgan fingerprint density at radius 2 is 2.06 bits per heavy atom. The van der Waals surface area contributed by atoms with Crippen LogP contribution in [0.5, 0.6) is 0 Å². The van der Waals surface area contributed by atoms with Gasteiger partial charge in [0.2, 0.25) is 5.28 Å². The van der Waals surface area contributed by atoms with Crippen molar-refractivity contribution < 1.29 is 4.52 Å². The van der Waals surface area contributed by atoms with Gasteiger partial charge in [0.15, 0.2) is 0 Å². The molecule has 0 aromatic carbocycles. The van der Waals surface area contributed by atoms with Crippen LogP contribution in [0, 0.1) is 13.8 Å². The van der Waals surface area contributed by atoms with Crippen molar-refractivity contribution in [1.29, 1.82) is 0 Å². The highest BCUT2D eigenvalue weighted by atomic mass is 35.5. The van der Waals surface area contributed by atoms with Crippen LogP contribution in [0.25, 0.3) is 0 Å². The second-order valence-corrected chi connectivity index (χ2v) is 5.22. The molecule has 3 rings (SSSR count). The molecule has 1 atom stereocenters. The molecule has 0 aliphatic heterocycles. The fourth-order valence-corrected chi connectivity index (χ4v) is 2.75. The molecular weight excluding hydrogens is 252 g/mol. The number of rotatable bonds is 3. The van der Waals surface area contributed by atoms with Gasteiger partial charge in [-0.1, -0.05) is 5.16 Å². The molecule has 2 heterocycles. The zero-order valence-electron chi connectivity index (χ0n) is 10.6. The van der Waals surface area contributed by atoms with E-state index in [0.29, 0.717) is 11.2 Å². The third-order valence-corrected chi connectivity index (χ3v) is 3.77. The number of hydrogen-bond acceptors (Lipinski definition) is 4. The minimum Gasteiger partial charge on any atom is -0.361 e. The third kappa shape index (κ3) is 1.73. The van der Waals surface area contributed by atoms with Crippen LogP contribution in [-0.4, -0.2) is 19.9 Å². The van der Waals surface area contributed by atoms with Gasteiger partial charge in [0.05, 0.1) is 11.7 Å². The molecule has 2 aromatic rings. The first-order chi connectivity index (χ1) is 8.59. The molecule has 6 heteroatoms. The second kappa shape index (κ2) is 4.09. The van der Waals surface area contributed by atoms with E-state index < -0.39 is 0 Å². The first kappa shape index (κ1) is 11.7. The maximum Gasteiger partial charge on any atom is 0.225 e. The molecule has 1 aliphatic rings. The van der Waals surface area contributed by atoms with E-state index in [2.05, 4.69) is 22.3 Å². The van der Waals surface area contributed by atoms with Crippen LogP contribution >= 0.6 is 11.6 Å². The first-order valence-corrected chi connectivity index (χ1v) is 6.50. The van der Waals surface area contributed by atoms with Crippen molar-refractivity contribution in [2.24, 2.45) is 0 Å². The van der Waals surface area contributed by atoms with Gasteiger partial charge in [0, 0.05) is 11.5 Å². The van der Waals surface area contributed by atoms with Gasteiger partial charge in [-0.3, -0.25) is 4.57 Å². The summed E-state index contributed by atoms with van der Waals surface area (Å²) in [6.07, 6.45) is 2.34. The monoisotopic (exact) mass is 266 g/mol. The SMILES string of the molecule is Cc1noc(C)c1C(C)n1c(Cl)nnc1C1CC1. The summed E-state index contributed by atoms with van der Waals surface area (Å²) in [4.78, 5) is 0. The van der Waals surface area contributed by atoms with Gasteiger partial charge in [-0.05, 0) is 45.2 Å². The molecular formula is C12H15ClN4O. The van der Waals surface area contributed by atoms with E-state index >= 15 is 0 Å². The van der Waals surface area contributed by atoms with E-state index in [0.717, 1.165) is 22.8 Å². The molecule has 0 radical (unpaired) electrons. The zero-order chi connectivity index (χ0) is 12.9. The van der Waals surface area contributed by atoms with Crippen molar-refractivity contribution in [3.8, 4) is 0 Å². The molecule has 5 nitrogen and oxygen atoms in total. The van der Waals surface area contributed by atoms with Gasteiger partial charge in [-0.15, -0.1) is 10.2 Å². The molecule has 0 bridgehead atoms. The van der Waals surface area contributed by atoms with Gasteiger partial charge in [0.1, 0.15) is 11.6 Å². The normalized spacial score (nSPS) is 17.1. The fraction of sp³-hybridized carbons (Fsp3) is 0.583. The fourth-order valence-electron chi connectivity index (χ4n) is 2.48. The predicted octanol–water partition coefficient (Wildman–Crippen LogP) is 3.02. The maximum atomic E-state index is 6.17. The summed E-state index contributed by atoms with van der Waals surface area (Å²) in [5, 5.41) is 12.6. The number of hydrogen-bond donors (Lipinski definition) is 0. The minimum atomic E-state index is 0.0503. The summed E-state index contributed by atoms with van der Waals surface area (Å²) >= 11 is 6.17. The van der Waals surface area contributed by atoms with Crippen LogP contribution in [0.2, 0.25) is 5.28 Å². The van der Waals surface area contributed by atoms with Gasteiger partial charge in [0.25, 0.3) is 0 Å². The smallest absolute Gasteiger partial charge is 0.225 e. The zero-order valence-corrected chi connectivity index (χ0v) is 11.4. The molecule has 1 unspecified atom stereocenters. The van der Waals surface area contributed by atoms with E-state index in [4.69, 9.17) is 16.1 Å². The highest BCUT2D eigenvalue weighted by Gasteiger charge is 2.33. The van der Waals surface area contributed by atoms with Crippen LogP contribution in [0.15, 0.2) is 4.52 Å². The van der Waals surface area contributed by atoms with Crippen LogP contribution in [0.3, 0.4) is 0 Å². The average molecular weight is 267 g/mol. The quantitative estimate of drug-likeness (QED) is 0.857. The van der Waals surface area contributed by atoms with Crippen molar-refractivity contribution in [2.45, 2.75) is 45.6 Å². The van der Waals surface area contributed by atoms with Gasteiger partial charge < -0.3 is 4.52 Å². The number of halogens is 1. The van der Waals surface area contributed by atoms with E-state index in [9.17, 15) is 0 Å². The summed E-state index contributed by atoms with van der Waals surface area (Å²) in [7, 11) is 0. The Kier molecular flexibility index (Phi) is 2.66. The largest absolute Gasteiger partial charge is 0.361 e. The lowest BCUT2D eigenvalue weighted by molar-refractivity contribution is 0.390. The summed E-state index contributed by atoms with van der Waals surface area (Å²) in [5.41, 5.74) is 1.96. The molecule has 0 saturated heterocycles. The molecule has 1 saturated carbocycles. The summed E-state index contributed by atoms with van der Waals surface area (Å²) < 4.78 is 7.21. The highest BCUT2D eigenvalue weighted by Crippen LogP contribution is 2.41. The van der Waals surface area contributed by atoms with E-state index in [1.54, 1.807) is 0 Å². The summed E-state index contributed by atoms with van der Waals surface area (Å²) in [5.74, 6) is 2.31. The first-order valence-electron chi connectivity index (χ1n) is 6.12. The molecule has 96 valence electrons. The van der Waals surface area contributed by atoms with Crippen molar-refractivity contribution in [2.75, 3.05) is 0 Å². The maximum absolute atomic E-state index is 6.17. The van der Waals surface area contributed by atoms with Gasteiger partial charge in [-0.25, -0.2) is 0 Å². The van der Waals surface area contributed by atoms with Crippen molar-refractivity contribution >= 4 is 11.6 Å². The summed E-state index contributed by atoms with van der Waals surface area (Å²) in [6.45, 7) is 5.94. The number of nitrogens with zero attached hydrogens (tertiary/aromatic N) is 4. The molecule has 1 fully saturated rings. The average Bonchev–Trinajstić information content (AvgIpc) is 3.02. The van der Waals surface area contributed by atoms with Crippen LogP contribution in [0.4, 0.5) is 0 Å². The lowest BCUT2D eigenvalue weighted by Gasteiger charge is -2.16. The standard InChI is InChI=1S/C12H15ClN4O/c1-6-10(8(3)18-16-6)7(2)17-11(9-4-5-9)14-15-12(17)13/h7,9H,4-5H2,1-3H3. The van der Waals surface area contributed by atoms with Crippen molar-refractivity contribution in [1.82, 2.24) is 19.9 Å². The van der Waals surface area contributed by atoms with E-state index in [1.165, 1.54) is 12.8 Å². The van der Waals surface area contributed by atoms with Crippen LogP contribution in [0.1, 0.15) is 54.6 Å². The Labute approximate surface area is 110 Å². The molecule has 18 heavy (non-hydrogen) atoms. The Balaban J connectivity index is 2.07. The number of aryl methyl sites for hydroxylation is 2.